The van der Waals surface area contributed by atoms with Crippen LogP contribution in [0.1, 0.15) is 33.4 Å². The second-order valence-electron chi connectivity index (χ2n) is 4.19. The number of carbonyl (C=O) groups is 1. The molecule has 0 aromatic carbocycles. The van der Waals surface area contributed by atoms with Crippen molar-refractivity contribution in [3.8, 4) is 0 Å². The van der Waals surface area contributed by atoms with E-state index in [0.717, 1.165) is 13.0 Å². The molecule has 0 saturated carbocycles. The largest absolute Gasteiger partial charge is 0.363 e. The maximum Gasteiger partial charge on any atom is 0.266 e. The molecule has 2 aromatic rings. The second-order valence-corrected chi connectivity index (χ2v) is 5.31. The molecule has 94 valence electrons. The Morgan fingerprint density at radius 3 is 3.17 bits per heavy atom. The number of amides is 1. The highest BCUT2D eigenvalue weighted by atomic mass is 32.1. The summed E-state index contributed by atoms with van der Waals surface area (Å²) >= 11 is 1.53. The van der Waals surface area contributed by atoms with Crippen LogP contribution >= 0.6 is 11.3 Å². The lowest BCUT2D eigenvalue weighted by molar-refractivity contribution is 0.102. The number of rotatable bonds is 3. The molecule has 1 unspecified atom stereocenters. The highest BCUT2D eigenvalue weighted by molar-refractivity contribution is 7.14. The van der Waals surface area contributed by atoms with Crippen LogP contribution in [-0.2, 0) is 0 Å². The first-order chi connectivity index (χ1) is 8.83. The summed E-state index contributed by atoms with van der Waals surface area (Å²) in [7, 11) is 0. The number of nitrogens with one attached hydrogen (secondary N) is 2. The van der Waals surface area contributed by atoms with Gasteiger partial charge in [-0.25, -0.2) is 0 Å². The quantitative estimate of drug-likeness (QED) is 0.892. The Balaban J connectivity index is 1.70. The molecule has 1 atom stereocenters. The zero-order valence-corrected chi connectivity index (χ0v) is 10.5. The third-order valence-corrected chi connectivity index (χ3v) is 4.13. The number of hydrogen-bond acceptors (Lipinski definition) is 5. The lowest BCUT2D eigenvalue weighted by atomic mass is 10.2. The molecule has 18 heavy (non-hydrogen) atoms. The van der Waals surface area contributed by atoms with E-state index in [1.165, 1.54) is 28.9 Å². The smallest absolute Gasteiger partial charge is 0.266 e. The molecule has 1 aliphatic rings. The van der Waals surface area contributed by atoms with Gasteiger partial charge in [-0.05, 0) is 31.5 Å². The summed E-state index contributed by atoms with van der Waals surface area (Å²) in [5.74, 6) is 0.298. The SMILES string of the molecule is O=C(Nc1ccon1)c1ccc(C2CCCN2)s1. The van der Waals surface area contributed by atoms with Crippen LogP contribution in [0.3, 0.4) is 0 Å². The fourth-order valence-electron chi connectivity index (χ4n) is 2.04. The van der Waals surface area contributed by atoms with Gasteiger partial charge in [0.1, 0.15) is 6.26 Å². The first-order valence-electron chi connectivity index (χ1n) is 5.88. The van der Waals surface area contributed by atoms with E-state index in [-0.39, 0.29) is 5.91 Å². The summed E-state index contributed by atoms with van der Waals surface area (Å²) in [6, 6.07) is 5.90. The zero-order valence-electron chi connectivity index (χ0n) is 9.68. The Kier molecular flexibility index (Phi) is 3.12. The minimum absolute atomic E-state index is 0.141. The van der Waals surface area contributed by atoms with Gasteiger partial charge in [-0.3, -0.25) is 4.79 Å². The predicted octanol–water partition coefficient (Wildman–Crippen LogP) is 2.41. The van der Waals surface area contributed by atoms with Crippen molar-refractivity contribution in [1.29, 1.82) is 0 Å². The normalized spacial score (nSPS) is 19.0. The van der Waals surface area contributed by atoms with Crippen molar-refractivity contribution in [1.82, 2.24) is 10.5 Å². The Morgan fingerprint density at radius 2 is 2.44 bits per heavy atom. The third kappa shape index (κ3) is 2.30. The van der Waals surface area contributed by atoms with Crippen LogP contribution < -0.4 is 10.6 Å². The highest BCUT2D eigenvalue weighted by Crippen LogP contribution is 2.29. The zero-order chi connectivity index (χ0) is 12.4. The van der Waals surface area contributed by atoms with E-state index in [2.05, 4.69) is 20.3 Å². The molecule has 2 N–H and O–H groups in total. The molecular weight excluding hydrogens is 250 g/mol. The molecule has 1 saturated heterocycles. The predicted molar refractivity (Wildman–Crippen MR) is 68.8 cm³/mol. The topological polar surface area (TPSA) is 67.2 Å². The molecule has 0 radical (unpaired) electrons. The molecule has 0 aliphatic carbocycles. The van der Waals surface area contributed by atoms with Crippen LogP contribution in [0.4, 0.5) is 5.82 Å². The van der Waals surface area contributed by atoms with Gasteiger partial charge in [0.2, 0.25) is 0 Å². The van der Waals surface area contributed by atoms with Crippen molar-refractivity contribution >= 4 is 23.1 Å². The molecule has 3 heterocycles. The summed E-state index contributed by atoms with van der Waals surface area (Å²) in [6.45, 7) is 1.06. The van der Waals surface area contributed by atoms with Gasteiger partial charge in [-0.15, -0.1) is 11.3 Å². The van der Waals surface area contributed by atoms with Gasteiger partial charge in [0.25, 0.3) is 5.91 Å². The Bertz CT molecular complexity index is 529. The standard InChI is InChI=1S/C12H13N3O2S/c16-12(14-11-5-7-17-15-11)10-4-3-9(18-10)8-2-1-6-13-8/h3-5,7-8,13H,1-2,6H2,(H,14,15,16). The summed E-state index contributed by atoms with van der Waals surface area (Å²) in [4.78, 5) is 13.9. The fraction of sp³-hybridized carbons (Fsp3) is 0.333. The van der Waals surface area contributed by atoms with Crippen LogP contribution in [0, 0.1) is 0 Å². The third-order valence-electron chi connectivity index (χ3n) is 2.93. The molecule has 0 spiro atoms. The number of hydrogen-bond donors (Lipinski definition) is 2. The maximum absolute atomic E-state index is 11.9. The van der Waals surface area contributed by atoms with Crippen LogP contribution in [0.5, 0.6) is 0 Å². The summed E-state index contributed by atoms with van der Waals surface area (Å²) in [5, 5.41) is 9.76. The molecule has 1 fully saturated rings. The minimum atomic E-state index is -0.141. The molecule has 2 aromatic heterocycles. The van der Waals surface area contributed by atoms with Gasteiger partial charge in [-0.1, -0.05) is 5.16 Å². The van der Waals surface area contributed by atoms with Crippen LogP contribution in [0.25, 0.3) is 0 Å². The average Bonchev–Trinajstić information content (AvgIpc) is 3.11. The Hall–Kier alpha value is -1.66. The molecular formula is C12H13N3O2S. The van der Waals surface area contributed by atoms with E-state index in [4.69, 9.17) is 0 Å². The number of nitrogens with zero attached hydrogens (tertiary/aromatic N) is 1. The first-order valence-corrected chi connectivity index (χ1v) is 6.69. The second kappa shape index (κ2) is 4.91. The van der Waals surface area contributed by atoms with Crippen molar-refractivity contribution in [2.24, 2.45) is 0 Å². The lowest BCUT2D eigenvalue weighted by Gasteiger charge is -2.05. The molecule has 5 nitrogen and oxygen atoms in total. The minimum Gasteiger partial charge on any atom is -0.363 e. The number of anilines is 1. The van der Waals surface area contributed by atoms with E-state index in [1.807, 2.05) is 12.1 Å². The van der Waals surface area contributed by atoms with Crippen LogP contribution in [0.2, 0.25) is 0 Å². The summed E-state index contributed by atoms with van der Waals surface area (Å²) in [6.07, 6.45) is 3.77. The summed E-state index contributed by atoms with van der Waals surface area (Å²) in [5.41, 5.74) is 0. The highest BCUT2D eigenvalue weighted by Gasteiger charge is 2.19. The van der Waals surface area contributed by atoms with E-state index in [9.17, 15) is 4.79 Å². The van der Waals surface area contributed by atoms with E-state index in [0.29, 0.717) is 16.7 Å². The van der Waals surface area contributed by atoms with Crippen molar-refractivity contribution in [3.05, 3.63) is 34.2 Å². The van der Waals surface area contributed by atoms with Crippen molar-refractivity contribution in [3.63, 3.8) is 0 Å². The van der Waals surface area contributed by atoms with Gasteiger partial charge >= 0.3 is 0 Å². The van der Waals surface area contributed by atoms with Gasteiger partial charge in [0.15, 0.2) is 5.82 Å². The lowest BCUT2D eigenvalue weighted by Crippen LogP contribution is -2.11. The average molecular weight is 263 g/mol. The number of carbonyl (C=O) groups excluding carboxylic acids is 1. The van der Waals surface area contributed by atoms with Gasteiger partial charge in [-0.2, -0.15) is 0 Å². The monoisotopic (exact) mass is 263 g/mol. The number of aromatic nitrogens is 1. The van der Waals surface area contributed by atoms with E-state index in [1.54, 1.807) is 6.07 Å². The van der Waals surface area contributed by atoms with Crippen LogP contribution in [0.15, 0.2) is 29.0 Å². The van der Waals surface area contributed by atoms with Gasteiger partial charge in [0, 0.05) is 17.0 Å². The van der Waals surface area contributed by atoms with E-state index >= 15 is 0 Å². The molecule has 3 rings (SSSR count). The van der Waals surface area contributed by atoms with Crippen molar-refractivity contribution in [2.75, 3.05) is 11.9 Å². The maximum atomic E-state index is 11.9. The molecule has 1 aliphatic heterocycles. The van der Waals surface area contributed by atoms with Gasteiger partial charge < -0.3 is 15.2 Å². The van der Waals surface area contributed by atoms with Crippen molar-refractivity contribution < 1.29 is 9.32 Å². The number of thiophene rings is 1. The first kappa shape index (κ1) is 11.4. The molecule has 6 heteroatoms. The van der Waals surface area contributed by atoms with Crippen LogP contribution in [-0.4, -0.2) is 17.6 Å². The molecule has 0 bridgehead atoms. The molecule has 1 amide bonds. The fourth-order valence-corrected chi connectivity index (χ4v) is 3.06. The summed E-state index contributed by atoms with van der Waals surface area (Å²) < 4.78 is 4.67. The van der Waals surface area contributed by atoms with Gasteiger partial charge in [0.05, 0.1) is 4.88 Å². The Labute approximate surface area is 108 Å². The Morgan fingerprint density at radius 1 is 1.50 bits per heavy atom. The van der Waals surface area contributed by atoms with E-state index < -0.39 is 0 Å². The van der Waals surface area contributed by atoms with Crippen molar-refractivity contribution in [2.45, 2.75) is 18.9 Å².